The van der Waals surface area contributed by atoms with Crippen LogP contribution in [0, 0.1) is 10.8 Å². The quantitative estimate of drug-likeness (QED) is 0.750. The maximum absolute atomic E-state index is 11.2. The van der Waals surface area contributed by atoms with Gasteiger partial charge in [-0.05, 0) is 0 Å². The van der Waals surface area contributed by atoms with E-state index >= 15 is 0 Å². The van der Waals surface area contributed by atoms with Crippen LogP contribution in [0.25, 0.3) is 0 Å². The molecule has 0 aliphatic heterocycles. The second-order valence-electron chi connectivity index (χ2n) is 4.22. The van der Waals surface area contributed by atoms with Crippen LogP contribution in [0.5, 0.6) is 0 Å². The summed E-state index contributed by atoms with van der Waals surface area (Å²) in [5.41, 5.74) is -2.34. The van der Waals surface area contributed by atoms with Gasteiger partial charge in [-0.25, -0.2) is 0 Å². The Hall–Kier alpha value is 0.920. The molecule has 1 aliphatic carbocycles. The molecule has 0 heterocycles. The molecule has 0 bridgehead atoms. The van der Waals surface area contributed by atoms with Crippen LogP contribution in [0.4, 0.5) is 0 Å². The lowest BCUT2D eigenvalue weighted by Crippen LogP contribution is -2.73. The molecule has 88 valence electrons. The van der Waals surface area contributed by atoms with Crippen molar-refractivity contribution in [2.24, 2.45) is 10.8 Å². The number of rotatable bonds is 1. The summed E-state index contributed by atoms with van der Waals surface area (Å²) < 4.78 is -2.03. The van der Waals surface area contributed by atoms with Crippen molar-refractivity contribution in [2.75, 3.05) is 0 Å². The van der Waals surface area contributed by atoms with E-state index in [1.807, 2.05) is 0 Å². The van der Waals surface area contributed by atoms with E-state index in [0.29, 0.717) is 0 Å². The maximum Gasteiger partial charge on any atom is 0.317 e. The van der Waals surface area contributed by atoms with Gasteiger partial charge in [-0.3, -0.25) is 4.79 Å². The van der Waals surface area contributed by atoms with Gasteiger partial charge in [-0.1, -0.05) is 48.7 Å². The van der Waals surface area contributed by atoms with E-state index in [2.05, 4.69) is 0 Å². The van der Waals surface area contributed by atoms with Crippen LogP contribution in [0.1, 0.15) is 13.8 Å². The first-order valence-corrected chi connectivity index (χ1v) is 6.09. The zero-order valence-corrected chi connectivity index (χ0v) is 11.7. The standard InChI is InChI=1S/C8H9Cl5O2/c1-6(2)3(9)7(4(6)10,5(14)15)8(11,12)13/h3-4H,1-2H3,(H,14,15). The molecule has 1 saturated carbocycles. The third kappa shape index (κ3) is 1.56. The first-order valence-electron chi connectivity index (χ1n) is 4.09. The Morgan fingerprint density at radius 1 is 1.20 bits per heavy atom. The monoisotopic (exact) mass is 312 g/mol. The van der Waals surface area contributed by atoms with Gasteiger partial charge in [0.05, 0.1) is 10.8 Å². The highest BCUT2D eigenvalue weighted by molar-refractivity contribution is 6.69. The van der Waals surface area contributed by atoms with Crippen LogP contribution >= 0.6 is 58.0 Å². The Labute approximate surface area is 113 Å². The van der Waals surface area contributed by atoms with Crippen molar-refractivity contribution in [1.29, 1.82) is 0 Å². The highest BCUT2D eigenvalue weighted by Crippen LogP contribution is 2.68. The number of carbonyl (C=O) groups is 1. The molecule has 1 fully saturated rings. The summed E-state index contributed by atoms with van der Waals surface area (Å²) in [7, 11) is 0. The minimum absolute atomic E-state index is 0.592. The van der Waals surface area contributed by atoms with Gasteiger partial charge >= 0.3 is 5.97 Å². The molecule has 1 N–H and O–H groups in total. The molecule has 0 spiro atoms. The summed E-state index contributed by atoms with van der Waals surface area (Å²) in [6, 6.07) is 0. The van der Waals surface area contributed by atoms with Crippen molar-refractivity contribution in [1.82, 2.24) is 0 Å². The van der Waals surface area contributed by atoms with Crippen molar-refractivity contribution >= 4 is 64.0 Å². The molecule has 0 aromatic carbocycles. The Kier molecular flexibility index (Phi) is 3.46. The van der Waals surface area contributed by atoms with Crippen molar-refractivity contribution < 1.29 is 9.90 Å². The summed E-state index contributed by atoms with van der Waals surface area (Å²) in [4.78, 5) is 11.2. The SMILES string of the molecule is CC1(C)C(Cl)C(C(=O)O)(C(Cl)(Cl)Cl)C1Cl. The Morgan fingerprint density at radius 3 is 1.67 bits per heavy atom. The van der Waals surface area contributed by atoms with Crippen LogP contribution in [0.2, 0.25) is 0 Å². The predicted molar refractivity (Wildman–Crippen MR) is 63.4 cm³/mol. The summed E-state index contributed by atoms with van der Waals surface area (Å²) >= 11 is 29.1. The second kappa shape index (κ2) is 3.71. The number of alkyl halides is 5. The average Bonchev–Trinajstić information content (AvgIpc) is 2.01. The van der Waals surface area contributed by atoms with E-state index in [4.69, 9.17) is 58.0 Å². The van der Waals surface area contributed by atoms with Crippen molar-refractivity contribution in [3.05, 3.63) is 0 Å². The van der Waals surface area contributed by atoms with Gasteiger partial charge in [-0.2, -0.15) is 0 Å². The van der Waals surface area contributed by atoms with Gasteiger partial charge in [0.15, 0.2) is 0 Å². The fourth-order valence-electron chi connectivity index (χ4n) is 1.96. The lowest BCUT2D eigenvalue weighted by molar-refractivity contribution is -0.160. The molecule has 0 radical (unpaired) electrons. The number of halogens is 5. The number of hydrogen-bond acceptors (Lipinski definition) is 1. The first-order chi connectivity index (χ1) is 6.50. The van der Waals surface area contributed by atoms with E-state index in [-0.39, 0.29) is 0 Å². The van der Waals surface area contributed by atoms with Crippen LogP contribution in [0.15, 0.2) is 0 Å². The summed E-state index contributed by atoms with van der Waals surface area (Å²) in [5.74, 6) is -1.29. The Bertz CT molecular complexity index is 284. The summed E-state index contributed by atoms with van der Waals surface area (Å²) in [6.07, 6.45) is 0. The minimum Gasteiger partial charge on any atom is -0.481 e. The molecule has 1 aliphatic rings. The molecule has 0 saturated heterocycles. The molecule has 0 amide bonds. The maximum atomic E-state index is 11.2. The highest BCUT2D eigenvalue weighted by atomic mass is 35.6. The zero-order chi connectivity index (χ0) is 12.2. The van der Waals surface area contributed by atoms with E-state index in [1.54, 1.807) is 13.8 Å². The number of aliphatic carboxylic acids is 1. The largest absolute Gasteiger partial charge is 0.481 e. The fraction of sp³-hybridized carbons (Fsp3) is 0.875. The van der Waals surface area contributed by atoms with Crippen molar-refractivity contribution in [3.8, 4) is 0 Å². The lowest BCUT2D eigenvalue weighted by atomic mass is 9.53. The van der Waals surface area contributed by atoms with Gasteiger partial charge in [-0.15, -0.1) is 23.2 Å². The first kappa shape index (κ1) is 14.0. The van der Waals surface area contributed by atoms with Gasteiger partial charge in [0.1, 0.15) is 5.41 Å². The van der Waals surface area contributed by atoms with Gasteiger partial charge in [0.2, 0.25) is 3.79 Å². The molecule has 2 unspecified atom stereocenters. The molecule has 7 heteroatoms. The molecule has 2 nitrogen and oxygen atoms in total. The van der Waals surface area contributed by atoms with E-state index in [0.717, 1.165) is 0 Å². The second-order valence-corrected chi connectivity index (χ2v) is 7.37. The van der Waals surface area contributed by atoms with Crippen LogP contribution in [0.3, 0.4) is 0 Å². The summed E-state index contributed by atoms with van der Waals surface area (Å²) in [5, 5.41) is 7.50. The van der Waals surface area contributed by atoms with E-state index in [9.17, 15) is 9.90 Å². The predicted octanol–water partition coefficient (Wildman–Crippen LogP) is 3.68. The van der Waals surface area contributed by atoms with Crippen LogP contribution < -0.4 is 0 Å². The number of carboxylic acids is 1. The van der Waals surface area contributed by atoms with Gasteiger partial charge in [0, 0.05) is 5.41 Å². The molecular weight excluding hydrogens is 305 g/mol. The van der Waals surface area contributed by atoms with E-state index < -0.39 is 31.3 Å². The molecule has 15 heavy (non-hydrogen) atoms. The topological polar surface area (TPSA) is 37.3 Å². The summed E-state index contributed by atoms with van der Waals surface area (Å²) in [6.45, 7) is 3.47. The van der Waals surface area contributed by atoms with E-state index in [1.165, 1.54) is 0 Å². The smallest absolute Gasteiger partial charge is 0.317 e. The minimum atomic E-state index is -2.03. The molecule has 1 rings (SSSR count). The van der Waals surface area contributed by atoms with Gasteiger partial charge in [0.25, 0.3) is 0 Å². The fourth-order valence-corrected chi connectivity index (χ4v) is 4.34. The zero-order valence-electron chi connectivity index (χ0n) is 7.90. The normalized spacial score (nSPS) is 39.7. The molecular formula is C8H9Cl5O2. The van der Waals surface area contributed by atoms with Crippen molar-refractivity contribution in [2.45, 2.75) is 28.4 Å². The molecule has 0 aromatic heterocycles. The Morgan fingerprint density at radius 2 is 1.53 bits per heavy atom. The third-order valence-electron chi connectivity index (χ3n) is 2.93. The van der Waals surface area contributed by atoms with Crippen LogP contribution in [-0.4, -0.2) is 25.6 Å². The third-order valence-corrected chi connectivity index (χ3v) is 5.68. The number of carboxylic acid groups (broad SMARTS) is 1. The molecule has 0 aromatic rings. The average molecular weight is 314 g/mol. The van der Waals surface area contributed by atoms with Gasteiger partial charge < -0.3 is 5.11 Å². The van der Waals surface area contributed by atoms with Crippen LogP contribution in [-0.2, 0) is 4.79 Å². The Balaban J connectivity index is 3.25. The number of hydrogen-bond donors (Lipinski definition) is 1. The highest BCUT2D eigenvalue weighted by Gasteiger charge is 2.77. The van der Waals surface area contributed by atoms with Crippen molar-refractivity contribution in [3.63, 3.8) is 0 Å². The lowest BCUT2D eigenvalue weighted by Gasteiger charge is -2.61. The molecule has 2 atom stereocenters.